The molecule has 3 rings (SSSR count). The first kappa shape index (κ1) is 13.1. The smallest absolute Gasteiger partial charge is 0.292 e. The second-order valence-electron chi connectivity index (χ2n) is 4.78. The molecular formula is C14H16BrNO3. The van der Waals surface area contributed by atoms with Gasteiger partial charge in [0.2, 0.25) is 0 Å². The Bertz CT molecular complexity index is 511. The Labute approximate surface area is 120 Å². The van der Waals surface area contributed by atoms with Crippen LogP contribution < -0.4 is 4.90 Å². The molecule has 1 fully saturated rings. The molecule has 5 heteroatoms. The monoisotopic (exact) mass is 325 g/mol. The lowest BCUT2D eigenvalue weighted by atomic mass is 10.0. The molecule has 0 aliphatic carbocycles. The first-order valence-corrected chi connectivity index (χ1v) is 7.59. The van der Waals surface area contributed by atoms with Gasteiger partial charge in [0.05, 0.1) is 18.9 Å². The number of hydrogen-bond acceptors (Lipinski definition) is 3. The van der Waals surface area contributed by atoms with Gasteiger partial charge in [-0.15, -0.1) is 0 Å². The molecule has 0 saturated carbocycles. The average molecular weight is 326 g/mol. The Morgan fingerprint density at radius 3 is 2.79 bits per heavy atom. The van der Waals surface area contributed by atoms with Gasteiger partial charge in [-0.2, -0.15) is 0 Å². The molecule has 1 aromatic carbocycles. The van der Waals surface area contributed by atoms with Crippen LogP contribution in [0.5, 0.6) is 0 Å². The van der Waals surface area contributed by atoms with E-state index in [0.717, 1.165) is 28.6 Å². The van der Waals surface area contributed by atoms with Gasteiger partial charge in [0.25, 0.3) is 11.7 Å². The minimum Gasteiger partial charge on any atom is -0.338 e. The van der Waals surface area contributed by atoms with Gasteiger partial charge in [0.15, 0.2) is 0 Å². The van der Waals surface area contributed by atoms with Gasteiger partial charge in [-0.3, -0.25) is 4.79 Å². The highest BCUT2D eigenvalue weighted by Gasteiger charge is 2.54. The molecule has 0 atom stereocenters. The Kier molecular flexibility index (Phi) is 3.37. The van der Waals surface area contributed by atoms with E-state index in [1.165, 1.54) is 0 Å². The van der Waals surface area contributed by atoms with Gasteiger partial charge in [0, 0.05) is 17.4 Å². The van der Waals surface area contributed by atoms with E-state index in [9.17, 15) is 4.79 Å². The number of halogens is 1. The molecule has 0 unspecified atom stereocenters. The van der Waals surface area contributed by atoms with Crippen LogP contribution in [0.25, 0.3) is 0 Å². The van der Waals surface area contributed by atoms with E-state index in [1.807, 2.05) is 25.1 Å². The number of hydrogen-bond donors (Lipinski definition) is 0. The lowest BCUT2D eigenvalue weighted by Gasteiger charge is -2.32. The highest BCUT2D eigenvalue weighted by atomic mass is 79.9. The molecule has 2 aliphatic rings. The standard InChI is InChI=1S/C14H16BrNO3/c1-10-4-2-5-11-12(10)16(7-6-15)13(17)14(11)18-8-3-9-19-14/h2,4-5H,3,6-9H2,1H3. The molecule has 1 aromatic rings. The van der Waals surface area contributed by atoms with Gasteiger partial charge in [-0.1, -0.05) is 34.1 Å². The quantitative estimate of drug-likeness (QED) is 0.783. The number of para-hydroxylation sites is 1. The fourth-order valence-corrected chi connectivity index (χ4v) is 3.14. The van der Waals surface area contributed by atoms with Gasteiger partial charge in [-0.25, -0.2) is 0 Å². The Morgan fingerprint density at radius 2 is 2.11 bits per heavy atom. The molecule has 0 radical (unpaired) electrons. The topological polar surface area (TPSA) is 38.8 Å². The van der Waals surface area contributed by atoms with E-state index in [2.05, 4.69) is 15.9 Å². The van der Waals surface area contributed by atoms with E-state index in [1.54, 1.807) is 4.90 Å². The van der Waals surface area contributed by atoms with Crippen molar-refractivity contribution < 1.29 is 14.3 Å². The summed E-state index contributed by atoms with van der Waals surface area (Å²) in [6.45, 7) is 3.74. The number of aryl methyl sites for hydroxylation is 1. The average Bonchev–Trinajstić information content (AvgIpc) is 2.65. The fourth-order valence-electron chi connectivity index (χ4n) is 2.79. The van der Waals surface area contributed by atoms with Crippen LogP contribution in [-0.2, 0) is 20.1 Å². The fraction of sp³-hybridized carbons (Fsp3) is 0.500. The van der Waals surface area contributed by atoms with Crippen LogP contribution in [0, 0.1) is 6.92 Å². The normalized spacial score (nSPS) is 20.9. The van der Waals surface area contributed by atoms with Crippen molar-refractivity contribution in [1.82, 2.24) is 0 Å². The Hall–Kier alpha value is -0.910. The lowest BCUT2D eigenvalue weighted by molar-refractivity contribution is -0.256. The Balaban J connectivity index is 2.14. The number of anilines is 1. The maximum absolute atomic E-state index is 12.7. The third-order valence-corrected chi connectivity index (χ3v) is 3.95. The number of benzene rings is 1. The van der Waals surface area contributed by atoms with Crippen LogP contribution in [0.4, 0.5) is 5.69 Å². The highest BCUT2D eigenvalue weighted by Crippen LogP contribution is 2.46. The van der Waals surface area contributed by atoms with Crippen molar-refractivity contribution in [1.29, 1.82) is 0 Å². The molecule has 2 heterocycles. The molecule has 0 N–H and O–H groups in total. The molecule has 1 amide bonds. The van der Waals surface area contributed by atoms with Crippen LogP contribution in [0.1, 0.15) is 17.5 Å². The zero-order valence-electron chi connectivity index (χ0n) is 10.8. The number of fused-ring (bicyclic) bond motifs is 2. The maximum Gasteiger partial charge on any atom is 0.292 e. The molecule has 1 spiro atoms. The number of nitrogens with zero attached hydrogens (tertiary/aromatic N) is 1. The van der Waals surface area contributed by atoms with Crippen LogP contribution >= 0.6 is 15.9 Å². The molecule has 19 heavy (non-hydrogen) atoms. The zero-order chi connectivity index (χ0) is 13.5. The van der Waals surface area contributed by atoms with Gasteiger partial charge < -0.3 is 14.4 Å². The van der Waals surface area contributed by atoms with Crippen molar-refractivity contribution in [2.45, 2.75) is 19.1 Å². The molecule has 0 bridgehead atoms. The number of alkyl halides is 1. The number of carbonyl (C=O) groups is 1. The second kappa shape index (κ2) is 4.89. The first-order valence-electron chi connectivity index (χ1n) is 6.46. The zero-order valence-corrected chi connectivity index (χ0v) is 12.4. The molecular weight excluding hydrogens is 310 g/mol. The maximum atomic E-state index is 12.7. The van der Waals surface area contributed by atoms with E-state index in [-0.39, 0.29) is 5.91 Å². The molecule has 0 aromatic heterocycles. The van der Waals surface area contributed by atoms with Crippen molar-refractivity contribution in [3.8, 4) is 0 Å². The summed E-state index contributed by atoms with van der Waals surface area (Å²) in [5.41, 5.74) is 2.86. The summed E-state index contributed by atoms with van der Waals surface area (Å²) in [5, 5.41) is 0.725. The molecule has 4 nitrogen and oxygen atoms in total. The van der Waals surface area contributed by atoms with Crippen molar-refractivity contribution in [2.75, 3.05) is 30.0 Å². The summed E-state index contributed by atoms with van der Waals surface area (Å²) >= 11 is 3.40. The SMILES string of the molecule is Cc1cccc2c1N(CCBr)C(=O)C21OCCCO1. The number of amides is 1. The summed E-state index contributed by atoms with van der Waals surface area (Å²) in [5.74, 6) is -1.31. The summed E-state index contributed by atoms with van der Waals surface area (Å²) < 4.78 is 11.5. The minimum absolute atomic E-state index is 0.101. The van der Waals surface area contributed by atoms with Crippen LogP contribution in [0.3, 0.4) is 0 Å². The van der Waals surface area contributed by atoms with Crippen LogP contribution in [0.2, 0.25) is 0 Å². The summed E-state index contributed by atoms with van der Waals surface area (Å²) in [7, 11) is 0. The van der Waals surface area contributed by atoms with Gasteiger partial charge >= 0.3 is 0 Å². The third kappa shape index (κ3) is 1.83. The Morgan fingerprint density at radius 1 is 1.37 bits per heavy atom. The van der Waals surface area contributed by atoms with Crippen molar-refractivity contribution in [3.63, 3.8) is 0 Å². The second-order valence-corrected chi connectivity index (χ2v) is 5.58. The predicted molar refractivity (Wildman–Crippen MR) is 75.5 cm³/mol. The van der Waals surface area contributed by atoms with Crippen LogP contribution in [-0.4, -0.2) is 31.0 Å². The molecule has 1 saturated heterocycles. The first-order chi connectivity index (χ1) is 9.20. The number of rotatable bonds is 2. The largest absolute Gasteiger partial charge is 0.338 e. The van der Waals surface area contributed by atoms with Gasteiger partial charge in [0.1, 0.15) is 0 Å². The third-order valence-electron chi connectivity index (χ3n) is 3.60. The summed E-state index contributed by atoms with van der Waals surface area (Å²) in [6.07, 6.45) is 0.828. The minimum atomic E-state index is -1.21. The van der Waals surface area contributed by atoms with Crippen molar-refractivity contribution in [2.24, 2.45) is 0 Å². The molecule has 102 valence electrons. The van der Waals surface area contributed by atoms with Crippen LogP contribution in [0.15, 0.2) is 18.2 Å². The van der Waals surface area contributed by atoms with E-state index in [0.29, 0.717) is 19.8 Å². The summed E-state index contributed by atoms with van der Waals surface area (Å²) in [6, 6.07) is 5.89. The predicted octanol–water partition coefficient (Wildman–Crippen LogP) is 2.33. The molecule has 2 aliphatic heterocycles. The van der Waals surface area contributed by atoms with E-state index >= 15 is 0 Å². The van der Waals surface area contributed by atoms with Gasteiger partial charge in [-0.05, 0) is 18.9 Å². The van der Waals surface area contributed by atoms with Crippen molar-refractivity contribution in [3.05, 3.63) is 29.3 Å². The number of ether oxygens (including phenoxy) is 2. The van der Waals surface area contributed by atoms with E-state index < -0.39 is 5.79 Å². The lowest BCUT2D eigenvalue weighted by Crippen LogP contribution is -2.47. The van der Waals surface area contributed by atoms with Crippen molar-refractivity contribution >= 4 is 27.5 Å². The van der Waals surface area contributed by atoms with E-state index in [4.69, 9.17) is 9.47 Å². The summed E-state index contributed by atoms with van der Waals surface area (Å²) in [4.78, 5) is 14.5. The highest BCUT2D eigenvalue weighted by molar-refractivity contribution is 9.09. The number of carbonyl (C=O) groups excluding carboxylic acids is 1.